The third-order valence-corrected chi connectivity index (χ3v) is 5.49. The summed E-state index contributed by atoms with van der Waals surface area (Å²) in [5, 5.41) is 4.43. The number of amides is 1. The summed E-state index contributed by atoms with van der Waals surface area (Å²) >= 11 is 0. The SMILES string of the molecule is Cc1cc(C)n(CCC(=O)N2CCC(CN)(c3ccccc3)CC2)n1. The third-order valence-electron chi connectivity index (χ3n) is 5.49. The molecule has 25 heavy (non-hydrogen) atoms. The molecule has 2 aromatic rings. The van der Waals surface area contributed by atoms with Crippen molar-refractivity contribution in [1.29, 1.82) is 0 Å². The van der Waals surface area contributed by atoms with Crippen molar-refractivity contribution in [2.24, 2.45) is 5.73 Å². The highest BCUT2D eigenvalue weighted by Crippen LogP contribution is 2.34. The molecule has 2 heterocycles. The van der Waals surface area contributed by atoms with Crippen LogP contribution in [0.25, 0.3) is 0 Å². The van der Waals surface area contributed by atoms with Gasteiger partial charge in [-0.1, -0.05) is 30.3 Å². The molecule has 5 nitrogen and oxygen atoms in total. The molecule has 1 saturated heterocycles. The molecule has 0 unspecified atom stereocenters. The van der Waals surface area contributed by atoms with Crippen LogP contribution in [0.1, 0.15) is 36.2 Å². The number of hydrogen-bond acceptors (Lipinski definition) is 3. The van der Waals surface area contributed by atoms with Gasteiger partial charge in [-0.25, -0.2) is 0 Å². The summed E-state index contributed by atoms with van der Waals surface area (Å²) in [6.07, 6.45) is 2.36. The standard InChI is InChI=1S/C20H28N4O/c1-16-14-17(2)24(22-16)11-8-19(25)23-12-9-20(15-21,10-13-23)18-6-4-3-5-7-18/h3-7,14H,8-13,15,21H2,1-2H3. The summed E-state index contributed by atoms with van der Waals surface area (Å²) in [4.78, 5) is 14.6. The number of benzene rings is 1. The Labute approximate surface area is 149 Å². The lowest BCUT2D eigenvalue weighted by Crippen LogP contribution is -2.48. The molecule has 3 rings (SSSR count). The van der Waals surface area contributed by atoms with Gasteiger partial charge in [-0.2, -0.15) is 5.10 Å². The highest BCUT2D eigenvalue weighted by molar-refractivity contribution is 5.76. The number of nitrogens with zero attached hydrogens (tertiary/aromatic N) is 3. The lowest BCUT2D eigenvalue weighted by atomic mass is 9.73. The van der Waals surface area contributed by atoms with Crippen LogP contribution in [0.4, 0.5) is 0 Å². The molecular formula is C20H28N4O. The molecule has 0 bridgehead atoms. The van der Waals surface area contributed by atoms with Crippen molar-refractivity contribution < 1.29 is 4.79 Å². The van der Waals surface area contributed by atoms with Gasteiger partial charge in [-0.3, -0.25) is 9.48 Å². The maximum atomic E-state index is 12.6. The molecule has 0 atom stereocenters. The minimum atomic E-state index is 0.00766. The Hall–Kier alpha value is -2.14. The molecule has 5 heteroatoms. The summed E-state index contributed by atoms with van der Waals surface area (Å²) in [5.41, 5.74) is 9.54. The van der Waals surface area contributed by atoms with Gasteiger partial charge in [0.15, 0.2) is 0 Å². The molecule has 134 valence electrons. The van der Waals surface area contributed by atoms with E-state index < -0.39 is 0 Å². The average Bonchev–Trinajstić information content (AvgIpc) is 2.97. The zero-order chi connectivity index (χ0) is 17.9. The maximum absolute atomic E-state index is 12.6. The lowest BCUT2D eigenvalue weighted by Gasteiger charge is -2.41. The van der Waals surface area contributed by atoms with E-state index in [4.69, 9.17) is 5.73 Å². The van der Waals surface area contributed by atoms with Crippen LogP contribution in [0.15, 0.2) is 36.4 Å². The molecule has 1 aromatic heterocycles. The molecule has 0 spiro atoms. The van der Waals surface area contributed by atoms with Crippen molar-refractivity contribution in [2.45, 2.75) is 45.1 Å². The number of carbonyl (C=O) groups is 1. The van der Waals surface area contributed by atoms with Crippen LogP contribution < -0.4 is 5.73 Å². The molecule has 0 aliphatic carbocycles. The maximum Gasteiger partial charge on any atom is 0.224 e. The van der Waals surface area contributed by atoms with Crippen molar-refractivity contribution in [1.82, 2.24) is 14.7 Å². The number of hydrogen-bond donors (Lipinski definition) is 1. The van der Waals surface area contributed by atoms with Crippen molar-refractivity contribution >= 4 is 5.91 Å². The van der Waals surface area contributed by atoms with E-state index in [1.54, 1.807) is 0 Å². The monoisotopic (exact) mass is 340 g/mol. The first-order valence-electron chi connectivity index (χ1n) is 9.08. The smallest absolute Gasteiger partial charge is 0.224 e. The van der Waals surface area contributed by atoms with Crippen LogP contribution in [0.5, 0.6) is 0 Å². The zero-order valence-electron chi connectivity index (χ0n) is 15.2. The number of likely N-dealkylation sites (tertiary alicyclic amines) is 1. The summed E-state index contributed by atoms with van der Waals surface area (Å²) in [7, 11) is 0. The Bertz CT molecular complexity index is 715. The molecule has 2 N–H and O–H groups in total. The van der Waals surface area contributed by atoms with E-state index >= 15 is 0 Å². The van der Waals surface area contributed by atoms with E-state index in [0.29, 0.717) is 19.5 Å². The molecule has 1 aliphatic rings. The largest absolute Gasteiger partial charge is 0.343 e. The van der Waals surface area contributed by atoms with Gasteiger partial charge >= 0.3 is 0 Å². The second-order valence-corrected chi connectivity index (χ2v) is 7.13. The Balaban J connectivity index is 1.58. The summed E-state index contributed by atoms with van der Waals surface area (Å²) in [6, 6.07) is 12.5. The molecule has 0 saturated carbocycles. The minimum absolute atomic E-state index is 0.00766. The first-order chi connectivity index (χ1) is 12.0. The van der Waals surface area contributed by atoms with E-state index in [2.05, 4.69) is 29.4 Å². The predicted octanol–water partition coefficient (Wildman–Crippen LogP) is 2.41. The fourth-order valence-electron chi connectivity index (χ4n) is 3.85. The number of rotatable bonds is 5. The van der Waals surface area contributed by atoms with Gasteiger partial charge in [0.1, 0.15) is 0 Å². The topological polar surface area (TPSA) is 64.2 Å². The number of aromatic nitrogens is 2. The first-order valence-corrected chi connectivity index (χ1v) is 9.08. The number of nitrogens with two attached hydrogens (primary N) is 1. The number of carbonyl (C=O) groups excluding carboxylic acids is 1. The summed E-state index contributed by atoms with van der Waals surface area (Å²) in [5.74, 6) is 0.214. The van der Waals surface area contributed by atoms with Gasteiger partial charge in [0, 0.05) is 43.7 Å². The van der Waals surface area contributed by atoms with Crippen LogP contribution in [-0.2, 0) is 16.8 Å². The molecule has 1 aliphatic heterocycles. The molecule has 1 fully saturated rings. The molecule has 1 amide bonds. The van der Waals surface area contributed by atoms with Crippen LogP contribution >= 0.6 is 0 Å². The van der Waals surface area contributed by atoms with E-state index in [1.807, 2.05) is 35.6 Å². The highest BCUT2D eigenvalue weighted by Gasteiger charge is 2.36. The van der Waals surface area contributed by atoms with Gasteiger partial charge in [-0.15, -0.1) is 0 Å². The van der Waals surface area contributed by atoms with E-state index in [-0.39, 0.29) is 11.3 Å². The third kappa shape index (κ3) is 3.76. The quantitative estimate of drug-likeness (QED) is 0.909. The fourth-order valence-corrected chi connectivity index (χ4v) is 3.85. The first kappa shape index (κ1) is 17.7. The normalized spacial score (nSPS) is 16.8. The second kappa shape index (κ2) is 7.40. The van der Waals surface area contributed by atoms with Gasteiger partial charge < -0.3 is 10.6 Å². The van der Waals surface area contributed by atoms with Gasteiger partial charge in [-0.05, 0) is 38.3 Å². The second-order valence-electron chi connectivity index (χ2n) is 7.13. The molecular weight excluding hydrogens is 312 g/mol. The predicted molar refractivity (Wildman–Crippen MR) is 99.3 cm³/mol. The lowest BCUT2D eigenvalue weighted by molar-refractivity contribution is -0.133. The van der Waals surface area contributed by atoms with Crippen LogP contribution in [0.3, 0.4) is 0 Å². The van der Waals surface area contributed by atoms with Crippen molar-refractivity contribution in [3.8, 4) is 0 Å². The fraction of sp³-hybridized carbons (Fsp3) is 0.500. The van der Waals surface area contributed by atoms with E-state index in [1.165, 1.54) is 5.56 Å². The van der Waals surface area contributed by atoms with E-state index in [0.717, 1.165) is 37.3 Å². The molecule has 0 radical (unpaired) electrons. The van der Waals surface area contributed by atoms with Crippen molar-refractivity contribution in [3.63, 3.8) is 0 Å². The van der Waals surface area contributed by atoms with Crippen molar-refractivity contribution in [3.05, 3.63) is 53.3 Å². The average molecular weight is 340 g/mol. The minimum Gasteiger partial charge on any atom is -0.343 e. The van der Waals surface area contributed by atoms with Gasteiger partial charge in [0.05, 0.1) is 5.69 Å². The summed E-state index contributed by atoms with van der Waals surface area (Å²) < 4.78 is 1.92. The Morgan fingerprint density at radius 1 is 1.20 bits per heavy atom. The highest BCUT2D eigenvalue weighted by atomic mass is 16.2. The number of piperidine rings is 1. The van der Waals surface area contributed by atoms with Crippen LogP contribution in [0, 0.1) is 13.8 Å². The van der Waals surface area contributed by atoms with Crippen molar-refractivity contribution in [2.75, 3.05) is 19.6 Å². The van der Waals surface area contributed by atoms with Gasteiger partial charge in [0.25, 0.3) is 0 Å². The Morgan fingerprint density at radius 2 is 1.88 bits per heavy atom. The van der Waals surface area contributed by atoms with Crippen LogP contribution in [0.2, 0.25) is 0 Å². The number of aryl methyl sites for hydroxylation is 3. The van der Waals surface area contributed by atoms with E-state index in [9.17, 15) is 4.79 Å². The Kier molecular flexibility index (Phi) is 5.23. The summed E-state index contributed by atoms with van der Waals surface area (Å²) in [6.45, 7) is 6.84. The zero-order valence-corrected chi connectivity index (χ0v) is 15.2. The van der Waals surface area contributed by atoms with Gasteiger partial charge in [0.2, 0.25) is 5.91 Å². The Morgan fingerprint density at radius 3 is 2.44 bits per heavy atom. The van der Waals surface area contributed by atoms with Crippen LogP contribution in [-0.4, -0.2) is 40.2 Å². The molecule has 1 aromatic carbocycles.